The molecule has 2 aromatic carbocycles. The molecule has 4 heteroatoms. The molecule has 1 atom stereocenters. The van der Waals surface area contributed by atoms with Crippen LogP contribution < -0.4 is 4.90 Å². The number of carbonyl (C=O) groups excluding carboxylic acids is 2. The number of amides is 1. The van der Waals surface area contributed by atoms with Gasteiger partial charge in [-0.05, 0) is 48.6 Å². The van der Waals surface area contributed by atoms with E-state index in [9.17, 15) is 9.59 Å². The number of carbonyl (C=O) groups is 2. The summed E-state index contributed by atoms with van der Waals surface area (Å²) in [5, 5.41) is 0. The van der Waals surface area contributed by atoms with Crippen molar-refractivity contribution >= 4 is 17.6 Å². The number of benzene rings is 2. The highest BCUT2D eigenvalue weighted by molar-refractivity contribution is 6.04. The number of ether oxygens (including phenoxy) is 1. The summed E-state index contributed by atoms with van der Waals surface area (Å²) in [5.41, 5.74) is 4.54. The molecule has 1 amide bonds. The molecule has 1 heterocycles. The van der Waals surface area contributed by atoms with E-state index in [1.807, 2.05) is 12.1 Å². The first-order valence-electron chi connectivity index (χ1n) is 7.86. The minimum absolute atomic E-state index is 0.143. The molecule has 0 bridgehead atoms. The van der Waals surface area contributed by atoms with Crippen LogP contribution in [0.3, 0.4) is 0 Å². The monoisotopic (exact) mass is 307 g/mol. The number of rotatable bonds is 1. The van der Waals surface area contributed by atoms with Gasteiger partial charge in [0.2, 0.25) is 12.1 Å². The highest BCUT2D eigenvalue weighted by Gasteiger charge is 2.36. The quantitative estimate of drug-likeness (QED) is 0.759. The van der Waals surface area contributed by atoms with Gasteiger partial charge in [-0.3, -0.25) is 9.69 Å². The topological polar surface area (TPSA) is 46.6 Å². The van der Waals surface area contributed by atoms with E-state index in [4.69, 9.17) is 4.74 Å². The first-order chi connectivity index (χ1) is 11.1. The molecule has 0 fully saturated rings. The Morgan fingerprint density at radius 3 is 2.74 bits per heavy atom. The predicted molar refractivity (Wildman–Crippen MR) is 86.2 cm³/mol. The van der Waals surface area contributed by atoms with Crippen LogP contribution in [-0.4, -0.2) is 11.9 Å². The van der Waals surface area contributed by atoms with Crippen molar-refractivity contribution in [1.82, 2.24) is 0 Å². The summed E-state index contributed by atoms with van der Waals surface area (Å²) in [6.07, 6.45) is 2.60. The number of aryl methyl sites for hydroxylation is 2. The molecule has 0 saturated heterocycles. The molecule has 4 rings (SSSR count). The number of cyclic esters (lactones) is 1. The molecule has 1 aliphatic heterocycles. The van der Waals surface area contributed by atoms with Crippen LogP contribution in [0, 0.1) is 0 Å². The Morgan fingerprint density at radius 2 is 1.91 bits per heavy atom. The van der Waals surface area contributed by atoms with Gasteiger partial charge in [0.25, 0.3) is 0 Å². The molecular weight excluding hydrogens is 290 g/mol. The first-order valence-corrected chi connectivity index (χ1v) is 7.86. The van der Waals surface area contributed by atoms with E-state index in [1.165, 1.54) is 18.1 Å². The lowest BCUT2D eigenvalue weighted by molar-refractivity contribution is -0.118. The second-order valence-electron chi connectivity index (χ2n) is 6.05. The SMILES string of the molecule is CC(=O)N1c2ccccc2C(=O)O[C@H]1c1ccc2c(c1)CCC2. The van der Waals surface area contributed by atoms with Gasteiger partial charge in [-0.1, -0.05) is 24.3 Å². The Bertz CT molecular complexity index is 812. The number of hydrogen-bond donors (Lipinski definition) is 0. The minimum atomic E-state index is -0.694. The number of anilines is 1. The standard InChI is InChI=1S/C19H17NO3/c1-12(21)20-17-8-3-2-7-16(17)19(22)23-18(20)15-10-9-13-5-4-6-14(13)11-15/h2-3,7-11,18H,4-6H2,1H3/t18-/m0/s1. The average molecular weight is 307 g/mol. The third-order valence-electron chi connectivity index (χ3n) is 4.58. The Labute approximate surface area is 134 Å². The number of fused-ring (bicyclic) bond motifs is 2. The van der Waals surface area contributed by atoms with E-state index in [2.05, 4.69) is 12.1 Å². The Hall–Kier alpha value is -2.62. The van der Waals surface area contributed by atoms with Crippen molar-refractivity contribution in [3.05, 3.63) is 64.7 Å². The van der Waals surface area contributed by atoms with Crippen molar-refractivity contribution in [2.75, 3.05) is 4.90 Å². The van der Waals surface area contributed by atoms with E-state index in [0.29, 0.717) is 11.3 Å². The highest BCUT2D eigenvalue weighted by atomic mass is 16.6. The summed E-state index contributed by atoms with van der Waals surface area (Å²) in [6, 6.07) is 13.2. The van der Waals surface area contributed by atoms with E-state index in [1.54, 1.807) is 23.1 Å². The molecule has 2 aromatic rings. The Morgan fingerprint density at radius 1 is 1.13 bits per heavy atom. The molecule has 4 nitrogen and oxygen atoms in total. The van der Waals surface area contributed by atoms with Gasteiger partial charge in [0, 0.05) is 12.5 Å². The zero-order valence-corrected chi connectivity index (χ0v) is 12.9. The van der Waals surface area contributed by atoms with Crippen LogP contribution in [0.5, 0.6) is 0 Å². The number of para-hydroxylation sites is 1. The van der Waals surface area contributed by atoms with Crippen LogP contribution in [0.25, 0.3) is 0 Å². The minimum Gasteiger partial charge on any atom is -0.433 e. The second kappa shape index (κ2) is 5.23. The fourth-order valence-corrected chi connectivity index (χ4v) is 3.50. The van der Waals surface area contributed by atoms with E-state index in [0.717, 1.165) is 24.8 Å². The molecule has 0 saturated carbocycles. The van der Waals surface area contributed by atoms with Gasteiger partial charge in [0.05, 0.1) is 11.3 Å². The van der Waals surface area contributed by atoms with Crippen LogP contribution in [0.2, 0.25) is 0 Å². The van der Waals surface area contributed by atoms with Gasteiger partial charge in [-0.15, -0.1) is 0 Å². The summed E-state index contributed by atoms with van der Waals surface area (Å²) in [4.78, 5) is 26.1. The van der Waals surface area contributed by atoms with Gasteiger partial charge in [-0.25, -0.2) is 4.79 Å². The fourth-order valence-electron chi connectivity index (χ4n) is 3.50. The Kier molecular flexibility index (Phi) is 3.18. The maximum absolute atomic E-state index is 12.3. The third-order valence-corrected chi connectivity index (χ3v) is 4.58. The van der Waals surface area contributed by atoms with E-state index >= 15 is 0 Å². The van der Waals surface area contributed by atoms with Gasteiger partial charge in [-0.2, -0.15) is 0 Å². The Balaban J connectivity index is 1.82. The van der Waals surface area contributed by atoms with Crippen LogP contribution >= 0.6 is 0 Å². The van der Waals surface area contributed by atoms with Crippen LogP contribution in [0.15, 0.2) is 42.5 Å². The smallest absolute Gasteiger partial charge is 0.342 e. The lowest BCUT2D eigenvalue weighted by Gasteiger charge is -2.35. The van der Waals surface area contributed by atoms with Gasteiger partial charge in [0.15, 0.2) is 0 Å². The molecule has 0 radical (unpaired) electrons. The largest absolute Gasteiger partial charge is 0.433 e. The van der Waals surface area contributed by atoms with E-state index < -0.39 is 6.23 Å². The third kappa shape index (κ3) is 2.22. The molecule has 0 spiro atoms. The number of esters is 1. The van der Waals surface area contributed by atoms with Crippen LogP contribution in [0.1, 0.15) is 46.6 Å². The van der Waals surface area contributed by atoms with Crippen LogP contribution in [-0.2, 0) is 22.4 Å². The van der Waals surface area contributed by atoms with Crippen molar-refractivity contribution in [2.24, 2.45) is 0 Å². The number of nitrogens with zero attached hydrogens (tertiary/aromatic N) is 1. The molecule has 1 aliphatic carbocycles. The summed E-state index contributed by atoms with van der Waals surface area (Å²) in [6.45, 7) is 1.50. The molecule has 0 aromatic heterocycles. The molecule has 0 unspecified atom stereocenters. The summed E-state index contributed by atoms with van der Waals surface area (Å²) < 4.78 is 5.60. The predicted octanol–water partition coefficient (Wildman–Crippen LogP) is 3.40. The molecule has 0 N–H and O–H groups in total. The fraction of sp³-hybridized carbons (Fsp3) is 0.263. The normalized spacial score (nSPS) is 19.1. The zero-order valence-electron chi connectivity index (χ0n) is 12.9. The van der Waals surface area contributed by atoms with Gasteiger partial charge in [0.1, 0.15) is 0 Å². The summed E-state index contributed by atoms with van der Waals surface area (Å²) >= 11 is 0. The van der Waals surface area contributed by atoms with Crippen LogP contribution in [0.4, 0.5) is 5.69 Å². The first kappa shape index (κ1) is 14.0. The summed E-state index contributed by atoms with van der Waals surface area (Å²) in [5.74, 6) is -0.529. The lowest BCUT2D eigenvalue weighted by Crippen LogP contribution is -2.40. The van der Waals surface area contributed by atoms with Crippen molar-refractivity contribution in [1.29, 1.82) is 0 Å². The maximum Gasteiger partial charge on any atom is 0.342 e. The number of hydrogen-bond acceptors (Lipinski definition) is 3. The highest BCUT2D eigenvalue weighted by Crippen LogP contribution is 2.38. The molecular formula is C19H17NO3. The lowest BCUT2D eigenvalue weighted by atomic mass is 10.0. The maximum atomic E-state index is 12.3. The molecule has 23 heavy (non-hydrogen) atoms. The van der Waals surface area contributed by atoms with Crippen molar-refractivity contribution < 1.29 is 14.3 Å². The second-order valence-corrected chi connectivity index (χ2v) is 6.05. The van der Waals surface area contributed by atoms with Crippen molar-refractivity contribution in [3.8, 4) is 0 Å². The van der Waals surface area contributed by atoms with Gasteiger partial charge < -0.3 is 4.74 Å². The summed E-state index contributed by atoms with van der Waals surface area (Å²) in [7, 11) is 0. The molecule has 116 valence electrons. The van der Waals surface area contributed by atoms with E-state index in [-0.39, 0.29) is 11.9 Å². The zero-order chi connectivity index (χ0) is 16.0. The van der Waals surface area contributed by atoms with Gasteiger partial charge >= 0.3 is 5.97 Å². The average Bonchev–Trinajstić information content (AvgIpc) is 3.02. The van der Waals surface area contributed by atoms with Crippen molar-refractivity contribution in [3.63, 3.8) is 0 Å². The molecule has 2 aliphatic rings. The van der Waals surface area contributed by atoms with Crippen molar-refractivity contribution in [2.45, 2.75) is 32.4 Å².